The first kappa shape index (κ1) is 25.4. The van der Waals surface area contributed by atoms with E-state index in [1.165, 1.54) is 12.8 Å². The molecular weight excluding hydrogens is 466 g/mol. The monoisotopic (exact) mass is 505 g/mol. The number of fused-ring (bicyclic) bond motifs is 1. The molecule has 9 heteroatoms. The molecule has 4 N–H and O–H groups in total. The number of rotatable bonds is 10. The fourth-order valence-corrected chi connectivity index (χ4v) is 5.35. The molecule has 2 aliphatic carbocycles. The van der Waals surface area contributed by atoms with Crippen LogP contribution in [-0.4, -0.2) is 44.2 Å². The average molecular weight is 506 g/mol. The lowest BCUT2D eigenvalue weighted by Crippen LogP contribution is -2.33. The summed E-state index contributed by atoms with van der Waals surface area (Å²) >= 11 is 0. The molecule has 9 nitrogen and oxygen atoms in total. The Labute approximate surface area is 218 Å². The highest BCUT2D eigenvalue weighted by Crippen LogP contribution is 2.34. The minimum atomic E-state index is -0.191. The molecule has 2 aliphatic rings. The van der Waals surface area contributed by atoms with Crippen LogP contribution in [0.1, 0.15) is 82.7 Å². The van der Waals surface area contributed by atoms with Gasteiger partial charge >= 0.3 is 5.97 Å². The minimum absolute atomic E-state index is 0.191. The van der Waals surface area contributed by atoms with Gasteiger partial charge in [0.25, 0.3) is 0 Å². The molecule has 2 heterocycles. The Bertz CT molecular complexity index is 1180. The number of ether oxygens (including phenoxy) is 1. The van der Waals surface area contributed by atoms with E-state index in [0.717, 1.165) is 73.8 Å². The predicted molar refractivity (Wildman–Crippen MR) is 146 cm³/mol. The van der Waals surface area contributed by atoms with Crippen LogP contribution in [0.3, 0.4) is 0 Å². The van der Waals surface area contributed by atoms with Gasteiger partial charge in [0, 0.05) is 23.8 Å². The van der Waals surface area contributed by atoms with E-state index in [1.54, 1.807) is 0 Å². The molecular formula is C28H39N7O2. The summed E-state index contributed by atoms with van der Waals surface area (Å²) in [5.41, 5.74) is 9.55. The molecule has 0 saturated heterocycles. The van der Waals surface area contributed by atoms with Gasteiger partial charge in [-0.2, -0.15) is 9.97 Å². The molecule has 2 aromatic heterocycles. The summed E-state index contributed by atoms with van der Waals surface area (Å²) in [5.74, 6) is 1.12. The van der Waals surface area contributed by atoms with Crippen LogP contribution >= 0.6 is 0 Å². The van der Waals surface area contributed by atoms with Gasteiger partial charge < -0.3 is 25.7 Å². The summed E-state index contributed by atoms with van der Waals surface area (Å²) in [4.78, 5) is 26.6. The molecule has 5 rings (SSSR count). The number of hydrogen-bond donors (Lipinski definition) is 3. The molecule has 0 amide bonds. The van der Waals surface area contributed by atoms with Gasteiger partial charge in [0.05, 0.1) is 19.4 Å². The van der Waals surface area contributed by atoms with Gasteiger partial charge in [0.15, 0.2) is 17.0 Å². The SMILES string of the molecule is CCCCOC(=O)Cc1ccc(Nc2nc(NC3CCC(N)CC3)nc3c2ncn3C2CCCC2)cc1. The molecule has 0 spiro atoms. The van der Waals surface area contributed by atoms with Crippen molar-refractivity contribution in [3.05, 3.63) is 36.2 Å². The third kappa shape index (κ3) is 6.39. The molecule has 0 unspecified atom stereocenters. The van der Waals surface area contributed by atoms with Gasteiger partial charge in [-0.1, -0.05) is 38.3 Å². The van der Waals surface area contributed by atoms with E-state index in [9.17, 15) is 4.79 Å². The van der Waals surface area contributed by atoms with E-state index in [1.807, 2.05) is 30.6 Å². The lowest BCUT2D eigenvalue weighted by molar-refractivity contribution is -0.142. The largest absolute Gasteiger partial charge is 0.465 e. The van der Waals surface area contributed by atoms with Crippen molar-refractivity contribution in [1.82, 2.24) is 19.5 Å². The number of nitrogens with one attached hydrogen (secondary N) is 2. The van der Waals surface area contributed by atoms with Gasteiger partial charge in [0.1, 0.15) is 0 Å². The summed E-state index contributed by atoms with van der Waals surface area (Å²) < 4.78 is 7.52. The normalized spacial score (nSPS) is 20.3. The molecule has 0 atom stereocenters. The van der Waals surface area contributed by atoms with Crippen LogP contribution in [0.15, 0.2) is 30.6 Å². The van der Waals surface area contributed by atoms with Crippen molar-refractivity contribution in [1.29, 1.82) is 0 Å². The van der Waals surface area contributed by atoms with Gasteiger partial charge in [0.2, 0.25) is 5.95 Å². The first-order valence-electron chi connectivity index (χ1n) is 13.9. The van der Waals surface area contributed by atoms with Gasteiger partial charge in [-0.3, -0.25) is 4.79 Å². The maximum atomic E-state index is 12.1. The van der Waals surface area contributed by atoms with E-state index in [0.29, 0.717) is 36.5 Å². The van der Waals surface area contributed by atoms with Crippen LogP contribution in [-0.2, 0) is 16.0 Å². The van der Waals surface area contributed by atoms with Crippen molar-refractivity contribution in [2.45, 2.75) is 95.7 Å². The van der Waals surface area contributed by atoms with Gasteiger partial charge in [-0.15, -0.1) is 0 Å². The Hall–Kier alpha value is -3.20. The molecule has 198 valence electrons. The predicted octanol–water partition coefficient (Wildman–Crippen LogP) is 5.25. The van der Waals surface area contributed by atoms with Crippen molar-refractivity contribution in [2.75, 3.05) is 17.2 Å². The fraction of sp³-hybridized carbons (Fsp3) is 0.571. The molecule has 2 saturated carbocycles. The number of nitrogens with two attached hydrogens (primary N) is 1. The second kappa shape index (κ2) is 11.9. The Balaban J connectivity index is 1.35. The van der Waals surface area contributed by atoms with Gasteiger partial charge in [-0.25, -0.2) is 4.98 Å². The standard InChI is InChI=1S/C28H39N7O2/c1-2-3-16-37-24(36)17-19-8-12-21(13-9-19)31-26-25-27(35(18-30-25)23-6-4-5-7-23)34-28(33-26)32-22-14-10-20(29)11-15-22/h8-9,12-13,18,20,22-23H,2-7,10-11,14-17,29H2,1H3,(H2,31,32,33,34). The van der Waals surface area contributed by atoms with E-state index in [-0.39, 0.29) is 12.4 Å². The van der Waals surface area contributed by atoms with Crippen LogP contribution < -0.4 is 16.4 Å². The second-order valence-corrected chi connectivity index (χ2v) is 10.5. The van der Waals surface area contributed by atoms with Crippen LogP contribution in [0.2, 0.25) is 0 Å². The summed E-state index contributed by atoms with van der Waals surface area (Å²) in [6.07, 6.45) is 13.0. The van der Waals surface area contributed by atoms with E-state index in [2.05, 4.69) is 22.1 Å². The molecule has 37 heavy (non-hydrogen) atoms. The van der Waals surface area contributed by atoms with Crippen LogP contribution in [0, 0.1) is 0 Å². The first-order valence-corrected chi connectivity index (χ1v) is 13.9. The number of nitrogens with zero attached hydrogens (tertiary/aromatic N) is 4. The maximum Gasteiger partial charge on any atom is 0.310 e. The quantitative estimate of drug-likeness (QED) is 0.252. The van der Waals surface area contributed by atoms with Crippen molar-refractivity contribution >= 4 is 34.6 Å². The van der Waals surface area contributed by atoms with Crippen molar-refractivity contribution in [2.24, 2.45) is 5.73 Å². The van der Waals surface area contributed by atoms with E-state index < -0.39 is 0 Å². The highest BCUT2D eigenvalue weighted by Gasteiger charge is 2.24. The Kier molecular flexibility index (Phi) is 8.18. The Morgan fingerprint density at radius 3 is 2.57 bits per heavy atom. The average Bonchev–Trinajstić information content (AvgIpc) is 3.57. The number of unbranched alkanes of at least 4 members (excludes halogenated alkanes) is 1. The Morgan fingerprint density at radius 2 is 1.84 bits per heavy atom. The first-order chi connectivity index (χ1) is 18.1. The molecule has 0 aliphatic heterocycles. The highest BCUT2D eigenvalue weighted by molar-refractivity contribution is 5.86. The molecule has 0 bridgehead atoms. The van der Waals surface area contributed by atoms with Crippen LogP contribution in [0.5, 0.6) is 0 Å². The zero-order valence-electron chi connectivity index (χ0n) is 21.8. The van der Waals surface area contributed by atoms with Gasteiger partial charge in [-0.05, 0) is 62.6 Å². The molecule has 0 radical (unpaired) electrons. The number of carbonyl (C=O) groups is 1. The molecule has 2 fully saturated rings. The zero-order chi connectivity index (χ0) is 25.6. The smallest absolute Gasteiger partial charge is 0.310 e. The van der Waals surface area contributed by atoms with E-state index in [4.69, 9.17) is 25.4 Å². The topological polar surface area (TPSA) is 120 Å². The highest BCUT2D eigenvalue weighted by atomic mass is 16.5. The maximum absolute atomic E-state index is 12.1. The minimum Gasteiger partial charge on any atom is -0.465 e. The number of aromatic nitrogens is 4. The number of esters is 1. The molecule has 3 aromatic rings. The summed E-state index contributed by atoms with van der Waals surface area (Å²) in [6.45, 7) is 2.56. The van der Waals surface area contributed by atoms with Crippen LogP contribution in [0.25, 0.3) is 11.2 Å². The van der Waals surface area contributed by atoms with Crippen molar-refractivity contribution < 1.29 is 9.53 Å². The Morgan fingerprint density at radius 1 is 1.08 bits per heavy atom. The van der Waals surface area contributed by atoms with Crippen molar-refractivity contribution in [3.8, 4) is 0 Å². The number of hydrogen-bond acceptors (Lipinski definition) is 8. The fourth-order valence-electron chi connectivity index (χ4n) is 5.35. The number of carbonyl (C=O) groups excluding carboxylic acids is 1. The van der Waals surface area contributed by atoms with E-state index >= 15 is 0 Å². The number of anilines is 3. The second-order valence-electron chi connectivity index (χ2n) is 10.5. The summed E-state index contributed by atoms with van der Waals surface area (Å²) in [7, 11) is 0. The summed E-state index contributed by atoms with van der Waals surface area (Å²) in [6, 6.07) is 8.88. The third-order valence-electron chi connectivity index (χ3n) is 7.57. The summed E-state index contributed by atoms with van der Waals surface area (Å²) in [5, 5.41) is 7.02. The molecule has 1 aromatic carbocycles. The number of benzene rings is 1. The zero-order valence-corrected chi connectivity index (χ0v) is 21.8. The lowest BCUT2D eigenvalue weighted by atomic mass is 9.92. The number of imidazole rings is 1. The third-order valence-corrected chi connectivity index (χ3v) is 7.57. The van der Waals surface area contributed by atoms with Crippen LogP contribution in [0.4, 0.5) is 17.5 Å². The lowest BCUT2D eigenvalue weighted by Gasteiger charge is -2.27. The van der Waals surface area contributed by atoms with Crippen molar-refractivity contribution in [3.63, 3.8) is 0 Å².